The Bertz CT molecular complexity index is 684. The molecular formula is C22H36O6Ti. The van der Waals surface area contributed by atoms with Gasteiger partial charge in [0, 0.05) is 0 Å². The van der Waals surface area contributed by atoms with Crippen molar-refractivity contribution in [3.8, 4) is 0 Å². The predicted octanol–water partition coefficient (Wildman–Crippen LogP) is 5.28. The summed E-state index contributed by atoms with van der Waals surface area (Å²) in [5, 5.41) is 0. The van der Waals surface area contributed by atoms with Gasteiger partial charge >= 0.3 is 180 Å². The minimum atomic E-state index is -4.89. The zero-order valence-corrected chi connectivity index (χ0v) is 21.3. The molecule has 29 heavy (non-hydrogen) atoms. The molecule has 0 saturated carbocycles. The molecule has 0 fully saturated rings. The first-order valence-corrected chi connectivity index (χ1v) is 12.6. The summed E-state index contributed by atoms with van der Waals surface area (Å²) in [6.45, 7) is 19.2. The first kappa shape index (κ1) is 25.6. The second-order valence-corrected chi connectivity index (χ2v) is 14.3. The van der Waals surface area contributed by atoms with Gasteiger partial charge in [0.2, 0.25) is 0 Å². The van der Waals surface area contributed by atoms with E-state index in [0.29, 0.717) is 10.3 Å². The summed E-state index contributed by atoms with van der Waals surface area (Å²) in [6.07, 6.45) is 2.38. The van der Waals surface area contributed by atoms with E-state index in [1.807, 2.05) is 19.9 Å². The fourth-order valence-corrected chi connectivity index (χ4v) is 7.15. The Labute approximate surface area is 179 Å². The molecule has 0 bridgehead atoms. The van der Waals surface area contributed by atoms with E-state index >= 15 is 0 Å². The fraction of sp³-hybridized carbons (Fsp3) is 0.682. The van der Waals surface area contributed by atoms with Gasteiger partial charge in [-0.05, 0) is 0 Å². The molecule has 0 saturated heterocycles. The Morgan fingerprint density at radius 1 is 0.724 bits per heavy atom. The molecule has 0 amide bonds. The van der Waals surface area contributed by atoms with Crippen LogP contribution in [0.15, 0.2) is 21.1 Å². The fourth-order valence-electron chi connectivity index (χ4n) is 2.23. The molecule has 0 N–H and O–H groups in total. The molecule has 0 spiro atoms. The van der Waals surface area contributed by atoms with Gasteiger partial charge in [0.1, 0.15) is 0 Å². The van der Waals surface area contributed by atoms with E-state index in [2.05, 4.69) is 0 Å². The molecule has 0 atom stereocenters. The number of rotatable bonds is 4. The van der Waals surface area contributed by atoms with E-state index in [9.17, 15) is 14.4 Å². The van der Waals surface area contributed by atoms with Crippen LogP contribution in [-0.2, 0) is 42.1 Å². The topological polar surface area (TPSA) is 78.9 Å². The van der Waals surface area contributed by atoms with Crippen molar-refractivity contribution in [1.29, 1.82) is 0 Å². The third kappa shape index (κ3) is 6.29. The molecule has 1 aliphatic carbocycles. The molecule has 7 heteroatoms. The van der Waals surface area contributed by atoms with Gasteiger partial charge in [-0.1, -0.05) is 0 Å². The summed E-state index contributed by atoms with van der Waals surface area (Å²) in [7, 11) is 0. The van der Waals surface area contributed by atoms with Crippen LogP contribution in [0.25, 0.3) is 0 Å². The summed E-state index contributed by atoms with van der Waals surface area (Å²) in [5.74, 6) is -1.69. The Balaban J connectivity index is 3.64. The van der Waals surface area contributed by atoms with Gasteiger partial charge in [-0.15, -0.1) is 0 Å². The number of hydrogen-bond acceptors (Lipinski definition) is 6. The Morgan fingerprint density at radius 2 is 1.03 bits per heavy atom. The van der Waals surface area contributed by atoms with E-state index in [-0.39, 0.29) is 0 Å². The maximum absolute atomic E-state index is 12.9. The molecule has 0 aromatic rings. The Kier molecular flexibility index (Phi) is 7.41. The van der Waals surface area contributed by atoms with Gasteiger partial charge in [-0.2, -0.15) is 0 Å². The molecule has 0 aromatic heterocycles. The van der Waals surface area contributed by atoms with Crippen molar-refractivity contribution < 1.29 is 42.1 Å². The van der Waals surface area contributed by atoms with Crippen molar-refractivity contribution in [2.45, 2.75) is 82.6 Å². The summed E-state index contributed by atoms with van der Waals surface area (Å²) < 4.78 is 18.3. The predicted molar refractivity (Wildman–Crippen MR) is 108 cm³/mol. The number of carbonyl (C=O) groups excluding carboxylic acids is 3. The van der Waals surface area contributed by atoms with Crippen LogP contribution >= 0.6 is 0 Å². The van der Waals surface area contributed by atoms with Crippen LogP contribution in [0.4, 0.5) is 0 Å². The van der Waals surface area contributed by atoms with Crippen LogP contribution in [-0.4, -0.2) is 17.9 Å². The van der Waals surface area contributed by atoms with Crippen molar-refractivity contribution in [2.75, 3.05) is 0 Å². The molecular weight excluding hydrogens is 408 g/mol. The van der Waals surface area contributed by atoms with Gasteiger partial charge in [-0.3, -0.25) is 0 Å². The number of carbonyl (C=O) groups is 3. The van der Waals surface area contributed by atoms with Gasteiger partial charge in [0.25, 0.3) is 0 Å². The molecule has 6 nitrogen and oxygen atoms in total. The van der Waals surface area contributed by atoms with Crippen LogP contribution < -0.4 is 0 Å². The quantitative estimate of drug-likeness (QED) is 0.549. The Morgan fingerprint density at radius 3 is 1.24 bits per heavy atom. The van der Waals surface area contributed by atoms with E-state index in [0.717, 1.165) is 11.1 Å². The van der Waals surface area contributed by atoms with E-state index in [4.69, 9.17) is 9.96 Å². The second kappa shape index (κ2) is 8.39. The van der Waals surface area contributed by atoms with Crippen LogP contribution in [0.5, 0.6) is 0 Å². The summed E-state index contributed by atoms with van der Waals surface area (Å²) >= 11 is -4.89. The van der Waals surface area contributed by atoms with Crippen molar-refractivity contribution in [3.05, 3.63) is 21.1 Å². The summed E-state index contributed by atoms with van der Waals surface area (Å²) in [4.78, 5) is 38.7. The normalized spacial score (nSPS) is 15.8. The molecule has 1 aliphatic rings. The standard InChI is InChI=1S/C7H9.3C5H10O2.Ti/c1-6-4-3-5-7(6)2;3*1-5(2,3)4(6)7;/h4H,3H2,1-2H3;3*1-3H3,(H,6,7);/q;;;;+3/p-3. The number of allylic oxidation sites excluding steroid dienone is 4. The monoisotopic (exact) mass is 444 g/mol. The van der Waals surface area contributed by atoms with E-state index in [1.165, 1.54) is 0 Å². The minimum absolute atomic E-state index is 0.421. The average Bonchev–Trinajstić information content (AvgIpc) is 2.84. The molecule has 0 aliphatic heterocycles. The molecule has 0 heterocycles. The summed E-state index contributed by atoms with van der Waals surface area (Å²) in [5.41, 5.74) is -0.729. The zero-order chi connectivity index (χ0) is 23.0. The van der Waals surface area contributed by atoms with Crippen molar-refractivity contribution >= 4 is 17.9 Å². The molecule has 0 aromatic carbocycles. The SMILES string of the molecule is CC1=CC[C]([Ti]([O]C(=O)C(C)(C)C)([O]C(=O)C(C)(C)C)[O]C(=O)C(C)(C)C)=C1C. The first-order chi connectivity index (χ1) is 12.8. The van der Waals surface area contributed by atoms with Gasteiger partial charge in [0.15, 0.2) is 0 Å². The van der Waals surface area contributed by atoms with Crippen molar-refractivity contribution in [2.24, 2.45) is 16.2 Å². The molecule has 0 unspecified atom stereocenters. The third-order valence-electron chi connectivity index (χ3n) is 4.54. The van der Waals surface area contributed by atoms with Gasteiger partial charge < -0.3 is 0 Å². The maximum atomic E-state index is 12.9. The molecule has 0 radical (unpaired) electrons. The third-order valence-corrected chi connectivity index (χ3v) is 8.73. The molecule has 1 rings (SSSR count). The first-order valence-electron chi connectivity index (χ1n) is 9.89. The summed E-state index contributed by atoms with van der Waals surface area (Å²) in [6, 6.07) is 0. The Hall–Kier alpha value is -1.40. The average molecular weight is 444 g/mol. The van der Waals surface area contributed by atoms with Crippen LogP contribution in [0.1, 0.15) is 82.6 Å². The van der Waals surface area contributed by atoms with Crippen LogP contribution in [0, 0.1) is 16.2 Å². The van der Waals surface area contributed by atoms with Crippen LogP contribution in [0.3, 0.4) is 0 Å². The van der Waals surface area contributed by atoms with Crippen molar-refractivity contribution in [3.63, 3.8) is 0 Å². The van der Waals surface area contributed by atoms with E-state index < -0.39 is 51.9 Å². The number of hydrogen-bond donors (Lipinski definition) is 0. The van der Waals surface area contributed by atoms with Gasteiger partial charge in [0.05, 0.1) is 0 Å². The second-order valence-electron chi connectivity index (χ2n) is 10.7. The van der Waals surface area contributed by atoms with Crippen LogP contribution in [0.2, 0.25) is 0 Å². The van der Waals surface area contributed by atoms with E-state index in [1.54, 1.807) is 62.3 Å². The molecule has 164 valence electrons. The van der Waals surface area contributed by atoms with Gasteiger partial charge in [-0.25, -0.2) is 0 Å². The zero-order valence-electron chi connectivity index (χ0n) is 19.7. The van der Waals surface area contributed by atoms with Crippen molar-refractivity contribution in [1.82, 2.24) is 0 Å².